The molecule has 3 atom stereocenters. The Hall–Kier alpha value is -4.61. The lowest BCUT2D eigenvalue weighted by molar-refractivity contribution is -0.384. The molecule has 208 valence electrons. The van der Waals surface area contributed by atoms with Crippen molar-refractivity contribution in [1.82, 2.24) is 10.2 Å². The molecular formula is C29H30N4O7. The summed E-state index contributed by atoms with van der Waals surface area (Å²) in [5, 5.41) is 38.1. The summed E-state index contributed by atoms with van der Waals surface area (Å²) < 4.78 is 0. The van der Waals surface area contributed by atoms with Crippen molar-refractivity contribution >= 4 is 23.2 Å². The van der Waals surface area contributed by atoms with Crippen molar-refractivity contribution in [3.05, 3.63) is 99.6 Å². The van der Waals surface area contributed by atoms with E-state index in [9.17, 15) is 29.9 Å². The molecule has 0 bridgehead atoms. The molecule has 0 unspecified atom stereocenters. The van der Waals surface area contributed by atoms with Gasteiger partial charge in [0.15, 0.2) is 0 Å². The van der Waals surface area contributed by atoms with Crippen LogP contribution in [0.25, 0.3) is 11.1 Å². The highest BCUT2D eigenvalue weighted by Gasteiger charge is 2.39. The van der Waals surface area contributed by atoms with E-state index in [1.807, 2.05) is 43.3 Å². The number of aliphatic hydroxyl groups is 2. The number of nitro benzene ring substituents is 1. The normalized spacial score (nSPS) is 17.4. The van der Waals surface area contributed by atoms with E-state index in [1.165, 1.54) is 36.3 Å². The van der Waals surface area contributed by atoms with E-state index in [-0.39, 0.29) is 30.1 Å². The largest absolute Gasteiger partial charge is 0.399 e. The summed E-state index contributed by atoms with van der Waals surface area (Å²) in [6, 6.07) is 18.1. The van der Waals surface area contributed by atoms with Gasteiger partial charge in [0.25, 0.3) is 11.6 Å². The van der Waals surface area contributed by atoms with E-state index < -0.39 is 35.6 Å². The smallest absolute Gasteiger partial charge is 0.269 e. The maximum absolute atomic E-state index is 13.5. The first kappa shape index (κ1) is 28.4. The minimum atomic E-state index is -1.35. The van der Waals surface area contributed by atoms with Crippen LogP contribution in [0.3, 0.4) is 0 Å². The molecule has 3 aromatic rings. The molecule has 0 aromatic heterocycles. The number of carbonyl (C=O) groups excluding carboxylic acids is 2. The number of oxime groups is 1. The number of rotatable bonds is 9. The zero-order chi connectivity index (χ0) is 28.8. The zero-order valence-corrected chi connectivity index (χ0v) is 22.1. The Balaban J connectivity index is 1.52. The summed E-state index contributed by atoms with van der Waals surface area (Å²) in [6.07, 6.45) is -1.24. The van der Waals surface area contributed by atoms with Crippen LogP contribution in [-0.2, 0) is 9.63 Å². The third kappa shape index (κ3) is 6.16. The maximum Gasteiger partial charge on any atom is 0.269 e. The Morgan fingerprint density at radius 3 is 2.40 bits per heavy atom. The van der Waals surface area contributed by atoms with E-state index in [2.05, 4.69) is 10.5 Å². The average Bonchev–Trinajstić information content (AvgIpc) is 3.40. The quantitative estimate of drug-likeness (QED) is 0.275. The highest BCUT2D eigenvalue weighted by molar-refractivity contribution is 6.05. The molecule has 40 heavy (non-hydrogen) atoms. The summed E-state index contributed by atoms with van der Waals surface area (Å²) in [5.74, 6) is -0.972. The van der Waals surface area contributed by atoms with Gasteiger partial charge >= 0.3 is 0 Å². The third-order valence-electron chi connectivity index (χ3n) is 6.88. The van der Waals surface area contributed by atoms with Crippen LogP contribution in [0.1, 0.15) is 34.0 Å². The lowest BCUT2D eigenvalue weighted by Crippen LogP contribution is -2.51. The van der Waals surface area contributed by atoms with Crippen molar-refractivity contribution in [2.24, 2.45) is 5.16 Å². The average molecular weight is 547 g/mol. The second-order valence-electron chi connectivity index (χ2n) is 9.48. The first-order valence-electron chi connectivity index (χ1n) is 12.6. The maximum atomic E-state index is 13.5. The second-order valence-corrected chi connectivity index (χ2v) is 9.48. The molecule has 3 aromatic carbocycles. The first-order chi connectivity index (χ1) is 19.2. The van der Waals surface area contributed by atoms with Crippen LogP contribution in [0.15, 0.2) is 78.0 Å². The van der Waals surface area contributed by atoms with Crippen LogP contribution >= 0.6 is 0 Å². The summed E-state index contributed by atoms with van der Waals surface area (Å²) in [6.45, 7) is 1.47. The topological polar surface area (TPSA) is 155 Å². The van der Waals surface area contributed by atoms with Gasteiger partial charge in [0.05, 0.1) is 29.8 Å². The van der Waals surface area contributed by atoms with Crippen LogP contribution in [0.2, 0.25) is 0 Å². The summed E-state index contributed by atoms with van der Waals surface area (Å²) in [5.41, 5.74) is 4.11. The van der Waals surface area contributed by atoms with Gasteiger partial charge in [-0.1, -0.05) is 41.6 Å². The Labute approximate surface area is 230 Å². The van der Waals surface area contributed by atoms with Gasteiger partial charge in [-0.2, -0.15) is 0 Å². The number of nitrogens with one attached hydrogen (secondary N) is 1. The summed E-state index contributed by atoms with van der Waals surface area (Å²) in [7, 11) is 1.37. The highest BCUT2D eigenvalue weighted by atomic mass is 16.6. The summed E-state index contributed by atoms with van der Waals surface area (Å²) in [4.78, 5) is 43.5. The number of likely N-dealkylation sites (tertiary alicyclic amines) is 1. The number of hydrogen-bond acceptors (Lipinski definition) is 8. The Morgan fingerprint density at radius 1 is 1.12 bits per heavy atom. The van der Waals surface area contributed by atoms with Crippen molar-refractivity contribution < 1.29 is 29.6 Å². The van der Waals surface area contributed by atoms with E-state index in [1.54, 1.807) is 12.1 Å². The van der Waals surface area contributed by atoms with Crippen LogP contribution in [-0.4, -0.2) is 69.9 Å². The molecule has 11 nitrogen and oxygen atoms in total. The number of nitrogens with zero attached hydrogens (tertiary/aromatic N) is 3. The number of aryl methyl sites for hydroxylation is 1. The van der Waals surface area contributed by atoms with Gasteiger partial charge in [0.1, 0.15) is 19.3 Å². The molecule has 0 aliphatic carbocycles. The molecule has 1 fully saturated rings. The van der Waals surface area contributed by atoms with Gasteiger partial charge in [-0.25, -0.2) is 0 Å². The van der Waals surface area contributed by atoms with E-state index in [0.717, 1.165) is 16.7 Å². The molecule has 3 N–H and O–H groups in total. The monoisotopic (exact) mass is 546 g/mol. The molecule has 0 saturated carbocycles. The molecule has 11 heteroatoms. The number of carbonyl (C=O) groups is 2. The van der Waals surface area contributed by atoms with Crippen molar-refractivity contribution in [1.29, 1.82) is 0 Å². The standard InChI is InChI=1S/C29H30N4O7/c1-18-5-3-4-6-24(18)19-7-9-21(10-8-19)29(37)32-16-22(31-40-2)15-26(32)28(36)30-25(17-34)27(35)20-11-13-23(14-12-20)33(38)39/h3-14,25-27,34-35H,15-17H2,1-2H3,(H,30,36)/t25-,26-,27-/m0/s1. The van der Waals surface area contributed by atoms with Crippen molar-refractivity contribution in [3.8, 4) is 11.1 Å². The van der Waals surface area contributed by atoms with Crippen LogP contribution in [0, 0.1) is 17.0 Å². The molecule has 1 aliphatic heterocycles. The van der Waals surface area contributed by atoms with Gasteiger partial charge in [-0.05, 0) is 53.4 Å². The first-order valence-corrected chi connectivity index (χ1v) is 12.6. The predicted octanol–water partition coefficient (Wildman–Crippen LogP) is 3.00. The van der Waals surface area contributed by atoms with E-state index in [0.29, 0.717) is 11.3 Å². The number of hydrogen-bond donors (Lipinski definition) is 3. The fraction of sp³-hybridized carbons (Fsp3) is 0.276. The number of benzene rings is 3. The Bertz CT molecular complexity index is 1410. The van der Waals surface area contributed by atoms with E-state index >= 15 is 0 Å². The Morgan fingerprint density at radius 2 is 1.80 bits per heavy atom. The van der Waals surface area contributed by atoms with Gasteiger partial charge in [0.2, 0.25) is 5.91 Å². The minimum absolute atomic E-state index is 0.0685. The zero-order valence-electron chi connectivity index (χ0n) is 22.1. The molecule has 0 spiro atoms. The van der Waals surface area contributed by atoms with Crippen molar-refractivity contribution in [2.45, 2.75) is 31.5 Å². The number of aliphatic hydroxyl groups excluding tert-OH is 2. The van der Waals surface area contributed by atoms with Crippen molar-refractivity contribution in [3.63, 3.8) is 0 Å². The molecule has 4 rings (SSSR count). The fourth-order valence-electron chi connectivity index (χ4n) is 4.73. The second kappa shape index (κ2) is 12.5. The lowest BCUT2D eigenvalue weighted by Gasteiger charge is -2.28. The highest BCUT2D eigenvalue weighted by Crippen LogP contribution is 2.26. The number of nitro groups is 1. The Kier molecular flexibility index (Phi) is 8.87. The molecule has 1 aliphatic rings. The van der Waals surface area contributed by atoms with Gasteiger partial charge in [-0.3, -0.25) is 19.7 Å². The van der Waals surface area contributed by atoms with Crippen molar-refractivity contribution in [2.75, 3.05) is 20.3 Å². The van der Waals surface area contributed by atoms with Crippen LogP contribution in [0.5, 0.6) is 0 Å². The fourth-order valence-corrected chi connectivity index (χ4v) is 4.73. The molecule has 2 amide bonds. The van der Waals surface area contributed by atoms with Gasteiger partial charge in [-0.15, -0.1) is 0 Å². The lowest BCUT2D eigenvalue weighted by atomic mass is 9.99. The van der Waals surface area contributed by atoms with Crippen LogP contribution < -0.4 is 5.32 Å². The third-order valence-corrected chi connectivity index (χ3v) is 6.88. The minimum Gasteiger partial charge on any atom is -0.399 e. The SMILES string of the molecule is CON=C1C[C@@H](C(=O)N[C@@H](CO)[C@@H](O)c2ccc([N+](=O)[O-])cc2)N(C(=O)c2ccc(-c3ccccc3C)cc2)C1. The molecule has 1 heterocycles. The number of amides is 2. The van der Waals surface area contributed by atoms with Crippen LogP contribution in [0.4, 0.5) is 5.69 Å². The summed E-state index contributed by atoms with van der Waals surface area (Å²) >= 11 is 0. The molecule has 0 radical (unpaired) electrons. The van der Waals surface area contributed by atoms with Gasteiger partial charge in [0, 0.05) is 24.1 Å². The molecule has 1 saturated heterocycles. The molecular weight excluding hydrogens is 516 g/mol. The van der Waals surface area contributed by atoms with E-state index in [4.69, 9.17) is 4.84 Å². The number of non-ortho nitro benzene ring substituents is 1. The predicted molar refractivity (Wildman–Crippen MR) is 148 cm³/mol. The van der Waals surface area contributed by atoms with Gasteiger partial charge < -0.3 is 25.3 Å².